The lowest BCUT2D eigenvalue weighted by Gasteiger charge is -2.35. The molecule has 2 saturated heterocycles. The molecular formula is C16H26N4. The minimum absolute atomic E-state index is 0.498. The van der Waals surface area contributed by atoms with Gasteiger partial charge in [-0.1, -0.05) is 13.8 Å². The predicted molar refractivity (Wildman–Crippen MR) is 81.5 cm³/mol. The average Bonchev–Trinajstić information content (AvgIpc) is 2.61. The van der Waals surface area contributed by atoms with Crippen LogP contribution in [0.1, 0.15) is 57.0 Å². The van der Waals surface area contributed by atoms with Crippen LogP contribution in [0.5, 0.6) is 0 Å². The normalized spacial score (nSPS) is 30.1. The quantitative estimate of drug-likeness (QED) is 0.920. The fourth-order valence-corrected chi connectivity index (χ4v) is 3.87. The van der Waals surface area contributed by atoms with Crippen LogP contribution >= 0.6 is 0 Å². The Morgan fingerprint density at radius 2 is 1.90 bits per heavy atom. The van der Waals surface area contributed by atoms with E-state index in [1.807, 2.05) is 6.07 Å². The highest BCUT2D eigenvalue weighted by molar-refractivity contribution is 5.31. The Labute approximate surface area is 121 Å². The molecule has 3 rings (SSSR count). The number of rotatable bonds is 3. The van der Waals surface area contributed by atoms with Crippen molar-refractivity contribution in [2.24, 2.45) is 5.92 Å². The molecule has 2 aliphatic heterocycles. The Balaban J connectivity index is 1.82. The molecule has 0 aliphatic carbocycles. The summed E-state index contributed by atoms with van der Waals surface area (Å²) in [5, 5.41) is 0. The highest BCUT2D eigenvalue weighted by Gasteiger charge is 2.39. The first kappa shape index (κ1) is 13.8. The molecule has 0 spiro atoms. The maximum absolute atomic E-state index is 5.99. The number of aromatic nitrogens is 2. The second-order valence-corrected chi connectivity index (χ2v) is 6.96. The van der Waals surface area contributed by atoms with Gasteiger partial charge in [0.05, 0.1) is 0 Å². The third-order valence-electron chi connectivity index (χ3n) is 4.90. The molecule has 0 saturated carbocycles. The van der Waals surface area contributed by atoms with Gasteiger partial charge in [0.2, 0.25) is 0 Å². The Morgan fingerprint density at radius 3 is 2.50 bits per heavy atom. The van der Waals surface area contributed by atoms with E-state index in [1.165, 1.54) is 25.7 Å². The summed E-state index contributed by atoms with van der Waals surface area (Å²) >= 11 is 0. The Hall–Kier alpha value is -1.16. The van der Waals surface area contributed by atoms with Gasteiger partial charge in [0, 0.05) is 29.8 Å². The molecule has 0 radical (unpaired) electrons. The Bertz CT molecular complexity index is 471. The minimum Gasteiger partial charge on any atom is -0.384 e. The SMILES string of the molecule is CC(C)Cc1cc(N)nc(C2CC3CCC(C2)N3C)n1. The molecule has 2 N–H and O–H groups in total. The molecule has 20 heavy (non-hydrogen) atoms. The van der Waals surface area contributed by atoms with Gasteiger partial charge in [-0.05, 0) is 45.1 Å². The molecule has 4 heteroatoms. The topological polar surface area (TPSA) is 55.0 Å². The van der Waals surface area contributed by atoms with Crippen LogP contribution in [0.2, 0.25) is 0 Å². The van der Waals surface area contributed by atoms with Crippen molar-refractivity contribution in [1.82, 2.24) is 14.9 Å². The molecule has 2 bridgehead atoms. The standard InChI is InChI=1S/C16H26N4/c1-10(2)6-12-9-15(17)19-16(18-12)11-7-13-4-5-14(8-11)20(13)3/h9-11,13-14H,4-8H2,1-3H3,(H2,17,18,19). The molecule has 2 fully saturated rings. The number of piperidine rings is 1. The zero-order valence-electron chi connectivity index (χ0n) is 12.8. The van der Waals surface area contributed by atoms with E-state index < -0.39 is 0 Å². The van der Waals surface area contributed by atoms with E-state index in [1.54, 1.807) is 0 Å². The molecule has 2 aliphatic rings. The number of nitrogen functional groups attached to an aromatic ring is 1. The first-order valence-corrected chi connectivity index (χ1v) is 7.88. The van der Waals surface area contributed by atoms with Crippen molar-refractivity contribution in [3.05, 3.63) is 17.6 Å². The van der Waals surface area contributed by atoms with E-state index in [0.717, 1.165) is 30.0 Å². The number of fused-ring (bicyclic) bond motifs is 2. The molecule has 0 aromatic carbocycles. The van der Waals surface area contributed by atoms with Crippen molar-refractivity contribution < 1.29 is 0 Å². The monoisotopic (exact) mass is 274 g/mol. The van der Waals surface area contributed by atoms with E-state index in [2.05, 4.69) is 30.8 Å². The summed E-state index contributed by atoms with van der Waals surface area (Å²) in [7, 11) is 2.27. The van der Waals surface area contributed by atoms with E-state index in [0.29, 0.717) is 17.7 Å². The summed E-state index contributed by atoms with van der Waals surface area (Å²) < 4.78 is 0. The van der Waals surface area contributed by atoms with Crippen molar-refractivity contribution in [3.63, 3.8) is 0 Å². The summed E-state index contributed by atoms with van der Waals surface area (Å²) in [5.74, 6) is 2.73. The molecule has 2 unspecified atom stereocenters. The van der Waals surface area contributed by atoms with Gasteiger partial charge < -0.3 is 10.6 Å². The lowest BCUT2D eigenvalue weighted by atomic mass is 9.90. The van der Waals surface area contributed by atoms with Crippen molar-refractivity contribution in [2.75, 3.05) is 12.8 Å². The van der Waals surface area contributed by atoms with Crippen LogP contribution in [-0.2, 0) is 6.42 Å². The zero-order valence-corrected chi connectivity index (χ0v) is 12.8. The number of hydrogen-bond donors (Lipinski definition) is 1. The summed E-state index contributed by atoms with van der Waals surface area (Å²) in [6, 6.07) is 3.38. The number of nitrogens with zero attached hydrogens (tertiary/aromatic N) is 3. The minimum atomic E-state index is 0.498. The molecule has 110 valence electrons. The van der Waals surface area contributed by atoms with Gasteiger partial charge in [0.1, 0.15) is 11.6 Å². The number of nitrogens with two attached hydrogens (primary N) is 1. The average molecular weight is 274 g/mol. The second kappa shape index (κ2) is 5.32. The van der Waals surface area contributed by atoms with Crippen molar-refractivity contribution in [1.29, 1.82) is 0 Å². The zero-order chi connectivity index (χ0) is 14.3. The highest BCUT2D eigenvalue weighted by Crippen LogP contribution is 2.41. The number of hydrogen-bond acceptors (Lipinski definition) is 4. The van der Waals surface area contributed by atoms with Gasteiger partial charge >= 0.3 is 0 Å². The lowest BCUT2D eigenvalue weighted by Crippen LogP contribution is -2.39. The van der Waals surface area contributed by atoms with Gasteiger partial charge in [-0.25, -0.2) is 9.97 Å². The summed E-state index contributed by atoms with van der Waals surface area (Å²) in [4.78, 5) is 11.9. The third-order valence-corrected chi connectivity index (χ3v) is 4.90. The van der Waals surface area contributed by atoms with Crippen LogP contribution < -0.4 is 5.73 Å². The first-order valence-electron chi connectivity index (χ1n) is 7.88. The predicted octanol–water partition coefficient (Wildman–Crippen LogP) is 2.60. The van der Waals surface area contributed by atoms with E-state index >= 15 is 0 Å². The van der Waals surface area contributed by atoms with Gasteiger partial charge in [-0.15, -0.1) is 0 Å². The van der Waals surface area contributed by atoms with Crippen molar-refractivity contribution >= 4 is 5.82 Å². The third kappa shape index (κ3) is 2.66. The largest absolute Gasteiger partial charge is 0.384 e. The Morgan fingerprint density at radius 1 is 1.25 bits per heavy atom. The van der Waals surface area contributed by atoms with E-state index in [-0.39, 0.29) is 0 Å². The van der Waals surface area contributed by atoms with Crippen LogP contribution in [0.15, 0.2) is 6.07 Å². The maximum atomic E-state index is 5.99. The summed E-state index contributed by atoms with van der Waals surface area (Å²) in [6.45, 7) is 4.43. The van der Waals surface area contributed by atoms with Crippen LogP contribution in [0, 0.1) is 5.92 Å². The maximum Gasteiger partial charge on any atom is 0.134 e. The van der Waals surface area contributed by atoms with Gasteiger partial charge in [0.25, 0.3) is 0 Å². The summed E-state index contributed by atoms with van der Waals surface area (Å²) in [5.41, 5.74) is 7.10. The fraction of sp³-hybridized carbons (Fsp3) is 0.750. The molecule has 3 heterocycles. The highest BCUT2D eigenvalue weighted by atomic mass is 15.2. The van der Waals surface area contributed by atoms with E-state index in [9.17, 15) is 0 Å². The molecule has 4 nitrogen and oxygen atoms in total. The summed E-state index contributed by atoms with van der Waals surface area (Å²) in [6.07, 6.45) is 6.03. The van der Waals surface area contributed by atoms with Crippen molar-refractivity contribution in [2.45, 2.75) is 64.0 Å². The fourth-order valence-electron chi connectivity index (χ4n) is 3.87. The van der Waals surface area contributed by atoms with Crippen LogP contribution in [0.3, 0.4) is 0 Å². The van der Waals surface area contributed by atoms with Crippen molar-refractivity contribution in [3.8, 4) is 0 Å². The molecule has 0 amide bonds. The molecule has 1 aromatic heterocycles. The Kier molecular flexibility index (Phi) is 3.67. The lowest BCUT2D eigenvalue weighted by molar-refractivity contribution is 0.159. The van der Waals surface area contributed by atoms with Gasteiger partial charge in [0.15, 0.2) is 0 Å². The van der Waals surface area contributed by atoms with Gasteiger partial charge in [-0.3, -0.25) is 0 Å². The van der Waals surface area contributed by atoms with E-state index in [4.69, 9.17) is 10.7 Å². The first-order chi connectivity index (χ1) is 9.52. The van der Waals surface area contributed by atoms with Gasteiger partial charge in [-0.2, -0.15) is 0 Å². The molecular weight excluding hydrogens is 248 g/mol. The second-order valence-electron chi connectivity index (χ2n) is 6.96. The smallest absolute Gasteiger partial charge is 0.134 e. The number of anilines is 1. The van der Waals surface area contributed by atoms with Crippen LogP contribution in [0.25, 0.3) is 0 Å². The van der Waals surface area contributed by atoms with Crippen LogP contribution in [-0.4, -0.2) is 34.0 Å². The molecule has 2 atom stereocenters. The van der Waals surface area contributed by atoms with Crippen LogP contribution in [0.4, 0.5) is 5.82 Å². The molecule has 1 aromatic rings.